The lowest BCUT2D eigenvalue weighted by molar-refractivity contribution is -0.121. The van der Waals surface area contributed by atoms with Crippen LogP contribution in [-0.2, 0) is 4.79 Å². The number of nitriles is 1. The number of likely N-dealkylation sites (tertiary alicyclic amines) is 1. The van der Waals surface area contributed by atoms with Crippen LogP contribution in [0.4, 0.5) is 0 Å². The molecule has 0 aromatic rings. The Labute approximate surface area is 140 Å². The number of β-amino-alcohol motifs (C(OH)–C–C–N with tert-alkyl or cyclic N) is 1. The second kappa shape index (κ2) is 9.21. The molecule has 1 heterocycles. The smallest absolute Gasteiger partial charge is 0.235 e. The summed E-state index contributed by atoms with van der Waals surface area (Å²) >= 11 is 0. The quantitative estimate of drug-likeness (QED) is 0.612. The minimum Gasteiger partial charge on any atom is -0.392 e. The Morgan fingerprint density at radius 3 is 2.48 bits per heavy atom. The van der Waals surface area contributed by atoms with E-state index in [-0.39, 0.29) is 24.5 Å². The first-order chi connectivity index (χ1) is 10.8. The molecule has 1 aliphatic heterocycles. The molecule has 0 aromatic heterocycles. The Kier molecular flexibility index (Phi) is 7.97. The van der Waals surface area contributed by atoms with Gasteiger partial charge in [0, 0.05) is 6.54 Å². The maximum absolute atomic E-state index is 12.0. The van der Waals surface area contributed by atoms with E-state index in [4.69, 9.17) is 0 Å². The molecule has 23 heavy (non-hydrogen) atoms. The molecule has 1 fully saturated rings. The minimum absolute atomic E-state index is 0.0645. The zero-order chi connectivity index (χ0) is 17.5. The highest BCUT2D eigenvalue weighted by Crippen LogP contribution is 2.17. The van der Waals surface area contributed by atoms with Crippen molar-refractivity contribution >= 4 is 5.91 Å². The number of aliphatic hydroxyl groups is 1. The van der Waals surface area contributed by atoms with Gasteiger partial charge in [-0.05, 0) is 58.2 Å². The first-order valence-electron chi connectivity index (χ1n) is 8.60. The molecule has 1 aliphatic rings. The third-order valence-electron chi connectivity index (χ3n) is 4.73. The van der Waals surface area contributed by atoms with Crippen LogP contribution < -0.4 is 10.6 Å². The van der Waals surface area contributed by atoms with Gasteiger partial charge in [0.15, 0.2) is 0 Å². The molecule has 1 amide bonds. The van der Waals surface area contributed by atoms with Crippen molar-refractivity contribution in [2.24, 2.45) is 11.8 Å². The highest BCUT2D eigenvalue weighted by Gasteiger charge is 2.29. The molecule has 0 aliphatic carbocycles. The lowest BCUT2D eigenvalue weighted by Crippen LogP contribution is -2.51. The van der Waals surface area contributed by atoms with Crippen molar-refractivity contribution in [1.29, 1.82) is 5.26 Å². The molecule has 0 aromatic carbocycles. The van der Waals surface area contributed by atoms with Crippen molar-refractivity contribution in [3.63, 3.8) is 0 Å². The average Bonchev–Trinajstić information content (AvgIpc) is 2.48. The molecular formula is C17H32N4O2. The van der Waals surface area contributed by atoms with Gasteiger partial charge in [0.1, 0.15) is 5.54 Å². The predicted octanol–water partition coefficient (Wildman–Crippen LogP) is 0.723. The third-order valence-corrected chi connectivity index (χ3v) is 4.73. The number of hydrogen-bond acceptors (Lipinski definition) is 5. The van der Waals surface area contributed by atoms with E-state index in [0.29, 0.717) is 5.92 Å². The molecule has 3 N–H and O–H groups in total. The molecule has 6 heteroatoms. The summed E-state index contributed by atoms with van der Waals surface area (Å²) in [5.74, 6) is 0.504. The molecule has 0 radical (unpaired) electrons. The van der Waals surface area contributed by atoms with Crippen LogP contribution in [0.2, 0.25) is 0 Å². The number of rotatable bonds is 8. The summed E-state index contributed by atoms with van der Waals surface area (Å²) in [6, 6.07) is 2.18. The van der Waals surface area contributed by atoms with Gasteiger partial charge in [0.05, 0.1) is 18.7 Å². The molecule has 0 saturated carbocycles. The van der Waals surface area contributed by atoms with Crippen molar-refractivity contribution in [2.75, 3.05) is 32.7 Å². The number of nitrogens with one attached hydrogen (secondary N) is 2. The van der Waals surface area contributed by atoms with E-state index in [1.54, 1.807) is 6.92 Å². The molecule has 1 rings (SSSR count). The molecule has 132 valence electrons. The van der Waals surface area contributed by atoms with Gasteiger partial charge < -0.3 is 20.6 Å². The Hall–Kier alpha value is -1.16. The fourth-order valence-electron chi connectivity index (χ4n) is 2.77. The van der Waals surface area contributed by atoms with Crippen molar-refractivity contribution < 1.29 is 9.90 Å². The molecule has 6 nitrogen and oxygen atoms in total. The number of piperidine rings is 1. The first-order valence-corrected chi connectivity index (χ1v) is 8.60. The highest BCUT2D eigenvalue weighted by molar-refractivity contribution is 5.79. The van der Waals surface area contributed by atoms with E-state index in [0.717, 1.165) is 39.0 Å². The summed E-state index contributed by atoms with van der Waals surface area (Å²) in [6.45, 7) is 11.2. The van der Waals surface area contributed by atoms with Gasteiger partial charge in [-0.3, -0.25) is 4.79 Å². The summed E-state index contributed by atoms with van der Waals surface area (Å²) in [7, 11) is 0. The zero-order valence-electron chi connectivity index (χ0n) is 14.9. The summed E-state index contributed by atoms with van der Waals surface area (Å²) in [5, 5.41) is 24.6. The number of carbonyl (C=O) groups excluding carboxylic acids is 1. The van der Waals surface area contributed by atoms with E-state index >= 15 is 0 Å². The summed E-state index contributed by atoms with van der Waals surface area (Å²) in [4.78, 5) is 14.3. The van der Waals surface area contributed by atoms with E-state index in [1.165, 1.54) is 0 Å². The van der Waals surface area contributed by atoms with Crippen molar-refractivity contribution in [2.45, 2.75) is 52.2 Å². The van der Waals surface area contributed by atoms with E-state index in [1.807, 2.05) is 20.8 Å². The van der Waals surface area contributed by atoms with Gasteiger partial charge in [0.2, 0.25) is 5.91 Å². The van der Waals surface area contributed by atoms with Gasteiger partial charge in [-0.1, -0.05) is 13.8 Å². The Morgan fingerprint density at radius 1 is 1.39 bits per heavy atom. The van der Waals surface area contributed by atoms with Crippen LogP contribution in [0.25, 0.3) is 0 Å². The number of amides is 1. The fraction of sp³-hybridized carbons (Fsp3) is 0.882. The van der Waals surface area contributed by atoms with Crippen LogP contribution in [0.15, 0.2) is 0 Å². The fourth-order valence-corrected chi connectivity index (χ4v) is 2.77. The van der Waals surface area contributed by atoms with Crippen LogP contribution in [0, 0.1) is 23.2 Å². The van der Waals surface area contributed by atoms with Gasteiger partial charge in [-0.15, -0.1) is 0 Å². The van der Waals surface area contributed by atoms with Gasteiger partial charge in [0.25, 0.3) is 0 Å². The van der Waals surface area contributed by atoms with Crippen molar-refractivity contribution in [1.82, 2.24) is 15.5 Å². The van der Waals surface area contributed by atoms with Crippen molar-refractivity contribution in [3.05, 3.63) is 0 Å². The monoisotopic (exact) mass is 324 g/mol. The predicted molar refractivity (Wildman–Crippen MR) is 90.7 cm³/mol. The van der Waals surface area contributed by atoms with Crippen molar-refractivity contribution in [3.8, 4) is 6.07 Å². The van der Waals surface area contributed by atoms with Gasteiger partial charge in [-0.25, -0.2) is 0 Å². The Morgan fingerprint density at radius 2 is 2.00 bits per heavy atom. The topological polar surface area (TPSA) is 88.4 Å². The first kappa shape index (κ1) is 19.9. The molecular weight excluding hydrogens is 292 g/mol. The SMILES string of the molecule is CC(C)[C@@](C)(C#N)NC(=O)CNCC1CCN(C[C@@H](C)O)CC1. The largest absolute Gasteiger partial charge is 0.392 e. The maximum Gasteiger partial charge on any atom is 0.235 e. The standard InChI is InChI=1S/C17H32N4O2/c1-13(2)17(4,12-18)20-16(23)10-19-9-15-5-7-21(8-6-15)11-14(3)22/h13-15,19,22H,5-11H2,1-4H3,(H,20,23)/t14-,17-/m1/s1. The molecule has 0 bridgehead atoms. The second-order valence-corrected chi connectivity index (χ2v) is 7.24. The summed E-state index contributed by atoms with van der Waals surface area (Å²) in [6.07, 6.45) is 1.90. The number of aliphatic hydroxyl groups excluding tert-OH is 1. The number of carbonyl (C=O) groups is 1. The van der Waals surface area contributed by atoms with Gasteiger partial charge >= 0.3 is 0 Å². The lowest BCUT2D eigenvalue weighted by atomic mass is 9.90. The van der Waals surface area contributed by atoms with Gasteiger partial charge in [-0.2, -0.15) is 5.26 Å². The number of hydrogen-bond donors (Lipinski definition) is 3. The second-order valence-electron chi connectivity index (χ2n) is 7.24. The van der Waals surface area contributed by atoms with Crippen LogP contribution in [0.3, 0.4) is 0 Å². The maximum atomic E-state index is 12.0. The van der Waals surface area contributed by atoms with Crippen LogP contribution in [-0.4, -0.2) is 60.3 Å². The average molecular weight is 324 g/mol. The highest BCUT2D eigenvalue weighted by atomic mass is 16.3. The summed E-state index contributed by atoms with van der Waals surface area (Å²) < 4.78 is 0. The van der Waals surface area contributed by atoms with Crippen LogP contribution >= 0.6 is 0 Å². The molecule has 0 spiro atoms. The zero-order valence-corrected chi connectivity index (χ0v) is 14.9. The third kappa shape index (κ3) is 6.86. The van der Waals surface area contributed by atoms with E-state index in [2.05, 4.69) is 21.6 Å². The lowest BCUT2D eigenvalue weighted by Gasteiger charge is -2.32. The number of nitrogens with zero attached hydrogens (tertiary/aromatic N) is 2. The Balaban J connectivity index is 2.23. The summed E-state index contributed by atoms with van der Waals surface area (Å²) in [5.41, 5.74) is -0.814. The normalized spacial score (nSPS) is 20.7. The van der Waals surface area contributed by atoms with E-state index < -0.39 is 5.54 Å². The molecule has 0 unspecified atom stereocenters. The molecule has 2 atom stereocenters. The Bertz CT molecular complexity index is 411. The minimum atomic E-state index is -0.814. The van der Waals surface area contributed by atoms with E-state index in [9.17, 15) is 15.2 Å². The van der Waals surface area contributed by atoms with Crippen LogP contribution in [0.1, 0.15) is 40.5 Å². The molecule has 1 saturated heterocycles. The van der Waals surface area contributed by atoms with Crippen LogP contribution in [0.5, 0.6) is 0 Å².